The number of aromatic amines is 1. The summed E-state index contributed by atoms with van der Waals surface area (Å²) in [6.07, 6.45) is 7.10. The van der Waals surface area contributed by atoms with Crippen LogP contribution in [-0.2, 0) is 22.9 Å². The highest BCUT2D eigenvalue weighted by Crippen LogP contribution is 2.43. The molecule has 0 radical (unpaired) electrons. The Bertz CT molecular complexity index is 1460. The summed E-state index contributed by atoms with van der Waals surface area (Å²) >= 11 is 0. The predicted molar refractivity (Wildman–Crippen MR) is 178 cm³/mol. The van der Waals surface area contributed by atoms with Crippen molar-refractivity contribution in [1.29, 1.82) is 0 Å². The number of amides is 1. The number of nitrogens with zero attached hydrogens (tertiary/aromatic N) is 2. The first kappa shape index (κ1) is 32.2. The first-order valence-electron chi connectivity index (χ1n) is 16.3. The van der Waals surface area contributed by atoms with E-state index in [0.717, 1.165) is 44.1 Å². The van der Waals surface area contributed by atoms with Gasteiger partial charge in [0.05, 0.1) is 6.61 Å². The van der Waals surface area contributed by atoms with Crippen LogP contribution in [0, 0.1) is 5.92 Å². The van der Waals surface area contributed by atoms with E-state index in [9.17, 15) is 9.59 Å². The van der Waals surface area contributed by atoms with Crippen LogP contribution in [0.3, 0.4) is 0 Å². The van der Waals surface area contributed by atoms with Gasteiger partial charge in [0, 0.05) is 24.9 Å². The number of nitrogens with one attached hydrogen (secondary N) is 1. The van der Waals surface area contributed by atoms with E-state index < -0.39 is 13.9 Å². The van der Waals surface area contributed by atoms with Crippen LogP contribution in [0.4, 0.5) is 0 Å². The van der Waals surface area contributed by atoms with E-state index in [1.807, 2.05) is 41.3 Å². The van der Waals surface area contributed by atoms with Crippen LogP contribution in [0.5, 0.6) is 5.75 Å². The molecule has 2 saturated carbocycles. The van der Waals surface area contributed by atoms with Crippen LogP contribution in [0.25, 0.3) is 0 Å². The van der Waals surface area contributed by atoms with Gasteiger partial charge >= 0.3 is 0 Å². The van der Waals surface area contributed by atoms with Crippen molar-refractivity contribution in [2.45, 2.75) is 95.9 Å². The van der Waals surface area contributed by atoms with Gasteiger partial charge in [0.25, 0.3) is 11.5 Å². The Kier molecular flexibility index (Phi) is 9.80. The Morgan fingerprint density at radius 3 is 2.27 bits per heavy atom. The van der Waals surface area contributed by atoms with Crippen LogP contribution in [-0.4, -0.2) is 48.8 Å². The molecule has 0 bridgehead atoms. The average Bonchev–Trinajstić information content (AvgIpc) is 3.70. The van der Waals surface area contributed by atoms with Crippen LogP contribution < -0.4 is 10.3 Å². The molecule has 0 spiro atoms. The molecule has 5 rings (SSSR count). The Morgan fingerprint density at radius 2 is 1.66 bits per heavy atom. The molecule has 2 aliphatic rings. The number of benzene rings is 2. The number of carbonyl (C=O) groups is 1. The fourth-order valence-corrected chi connectivity index (χ4v) is 7.03. The fraction of sp³-hybridized carbons (Fsp3) is 0.528. The number of ether oxygens (including phenoxy) is 1. The van der Waals surface area contributed by atoms with Gasteiger partial charge in [-0.1, -0.05) is 94.3 Å². The van der Waals surface area contributed by atoms with Gasteiger partial charge in [-0.3, -0.25) is 9.59 Å². The van der Waals surface area contributed by atoms with Gasteiger partial charge < -0.3 is 19.0 Å². The molecule has 0 unspecified atom stereocenters. The van der Waals surface area contributed by atoms with E-state index in [1.165, 1.54) is 5.56 Å². The van der Waals surface area contributed by atoms with Crippen molar-refractivity contribution in [2.24, 2.45) is 5.92 Å². The number of rotatable bonds is 13. The first-order valence-corrected chi connectivity index (χ1v) is 19.2. The van der Waals surface area contributed by atoms with Crippen LogP contribution >= 0.6 is 0 Å². The zero-order valence-corrected chi connectivity index (χ0v) is 28.2. The molecule has 0 saturated heterocycles. The summed E-state index contributed by atoms with van der Waals surface area (Å²) in [5, 5.41) is 0.0783. The van der Waals surface area contributed by atoms with Crippen LogP contribution in [0.2, 0.25) is 18.1 Å². The molecule has 44 heavy (non-hydrogen) atoms. The molecular weight excluding hydrogens is 566 g/mol. The lowest BCUT2D eigenvalue weighted by molar-refractivity contribution is 0.0704. The summed E-state index contributed by atoms with van der Waals surface area (Å²) in [7, 11) is -1.98. The molecular formula is C36H49N3O4Si. The van der Waals surface area contributed by atoms with Crippen LogP contribution in [0.15, 0.2) is 65.5 Å². The van der Waals surface area contributed by atoms with E-state index in [1.54, 1.807) is 0 Å². The quantitative estimate of drug-likeness (QED) is 0.204. The zero-order chi connectivity index (χ0) is 31.4. The van der Waals surface area contributed by atoms with Gasteiger partial charge in [-0.2, -0.15) is 0 Å². The number of H-pyrrole nitrogens is 1. The molecule has 0 atom stereocenters. The largest absolute Gasteiger partial charge is 0.481 e. The van der Waals surface area contributed by atoms with Crippen molar-refractivity contribution in [3.8, 4) is 5.75 Å². The molecule has 7 nitrogen and oxygen atoms in total. The molecule has 236 valence electrons. The minimum Gasteiger partial charge on any atom is -0.481 e. The molecule has 0 aliphatic heterocycles. The van der Waals surface area contributed by atoms with Crippen molar-refractivity contribution >= 4 is 14.2 Å². The number of aromatic nitrogens is 2. The maximum atomic E-state index is 14.4. The highest BCUT2D eigenvalue weighted by atomic mass is 28.4. The Balaban J connectivity index is 1.46. The topological polar surface area (TPSA) is 84.5 Å². The van der Waals surface area contributed by atoms with Crippen LogP contribution in [0.1, 0.15) is 86.7 Å². The Hall–Kier alpha value is -3.23. The van der Waals surface area contributed by atoms with Gasteiger partial charge in [-0.25, -0.2) is 4.98 Å². The van der Waals surface area contributed by atoms with E-state index in [2.05, 4.69) is 63.1 Å². The predicted octanol–water partition coefficient (Wildman–Crippen LogP) is 7.28. The van der Waals surface area contributed by atoms with Crippen molar-refractivity contribution in [3.05, 3.63) is 93.7 Å². The second-order valence-corrected chi connectivity index (χ2v) is 19.1. The second kappa shape index (κ2) is 13.4. The zero-order valence-electron chi connectivity index (χ0n) is 27.2. The minimum atomic E-state index is -1.98. The Morgan fingerprint density at radius 1 is 1.02 bits per heavy atom. The molecule has 1 amide bonds. The van der Waals surface area contributed by atoms with E-state index in [4.69, 9.17) is 14.1 Å². The fourth-order valence-electron chi connectivity index (χ4n) is 6.00. The van der Waals surface area contributed by atoms with Crippen molar-refractivity contribution in [2.75, 3.05) is 19.7 Å². The van der Waals surface area contributed by atoms with Gasteiger partial charge in [0.15, 0.2) is 14.0 Å². The van der Waals surface area contributed by atoms with Crippen molar-refractivity contribution in [1.82, 2.24) is 14.9 Å². The number of hydrogen-bond donors (Lipinski definition) is 1. The van der Waals surface area contributed by atoms with Gasteiger partial charge in [0.2, 0.25) is 5.75 Å². The average molecular weight is 616 g/mol. The highest BCUT2D eigenvalue weighted by molar-refractivity contribution is 6.74. The second-order valence-electron chi connectivity index (χ2n) is 14.3. The summed E-state index contributed by atoms with van der Waals surface area (Å²) < 4.78 is 12.6. The third-order valence-electron chi connectivity index (χ3n) is 9.90. The molecule has 1 aromatic heterocycles. The highest BCUT2D eigenvalue weighted by Gasteiger charge is 2.39. The molecule has 2 aliphatic carbocycles. The maximum Gasteiger partial charge on any atom is 0.294 e. The third kappa shape index (κ3) is 7.70. The van der Waals surface area contributed by atoms with E-state index >= 15 is 0 Å². The van der Waals surface area contributed by atoms with Gasteiger partial charge in [-0.15, -0.1) is 0 Å². The molecule has 8 heteroatoms. The van der Waals surface area contributed by atoms with Crippen molar-refractivity contribution in [3.63, 3.8) is 0 Å². The standard InChI is InChI=1S/C36H49N3O4Si/c1-35(2,3)44(4,5)43-23-22-39(25-27-18-19-27)34(41)31-32(42-26-28-14-8-6-9-15-28)33(40)38-30(37-31)24-36(20-12-13-21-36)29-16-10-7-11-17-29/h6-11,14-17,27H,12-13,18-26H2,1-5H3,(H,37,38,40). The number of hydrogen-bond acceptors (Lipinski definition) is 5. The first-order chi connectivity index (χ1) is 21.0. The summed E-state index contributed by atoms with van der Waals surface area (Å²) in [5.74, 6) is 0.752. The number of carbonyl (C=O) groups excluding carboxylic acids is 1. The van der Waals surface area contributed by atoms with Crippen molar-refractivity contribution < 1.29 is 14.0 Å². The minimum absolute atomic E-state index is 0.00565. The monoisotopic (exact) mass is 615 g/mol. The lowest BCUT2D eigenvalue weighted by Crippen LogP contribution is -2.44. The lowest BCUT2D eigenvalue weighted by Gasteiger charge is -2.37. The summed E-state index contributed by atoms with van der Waals surface area (Å²) in [6.45, 7) is 12.8. The SMILES string of the molecule is CC(C)(C)[Si](C)(C)OCCN(CC1CC1)C(=O)c1nc(CC2(c3ccccc3)CCCC2)[nH]c(=O)c1OCc1ccccc1. The van der Waals surface area contributed by atoms with E-state index in [0.29, 0.717) is 37.9 Å². The molecule has 3 aromatic rings. The lowest BCUT2D eigenvalue weighted by atomic mass is 9.76. The molecule has 1 heterocycles. The van der Waals surface area contributed by atoms with E-state index in [-0.39, 0.29) is 34.4 Å². The molecule has 2 aromatic carbocycles. The summed E-state index contributed by atoms with van der Waals surface area (Å²) in [4.78, 5) is 37.9. The third-order valence-corrected chi connectivity index (χ3v) is 14.4. The smallest absolute Gasteiger partial charge is 0.294 e. The maximum absolute atomic E-state index is 14.4. The van der Waals surface area contributed by atoms with Gasteiger partial charge in [-0.05, 0) is 60.9 Å². The normalized spacial score (nSPS) is 16.6. The Labute approximate surface area is 263 Å². The van der Waals surface area contributed by atoms with Gasteiger partial charge in [0.1, 0.15) is 12.4 Å². The molecule has 2 fully saturated rings. The molecule has 1 N–H and O–H groups in total. The summed E-state index contributed by atoms with van der Waals surface area (Å²) in [5.41, 5.74) is 1.76. The summed E-state index contributed by atoms with van der Waals surface area (Å²) in [6, 6.07) is 20.2.